The number of nitrogens with zero attached hydrogens (tertiary/aromatic N) is 2. The van der Waals surface area contributed by atoms with Crippen LogP contribution in [0.25, 0.3) is 16.5 Å². The number of fused-ring (bicyclic) bond motifs is 1. The van der Waals surface area contributed by atoms with E-state index in [1.165, 1.54) is 12.0 Å². The van der Waals surface area contributed by atoms with Gasteiger partial charge in [-0.15, -0.1) is 0 Å². The molecule has 0 radical (unpaired) electrons. The van der Waals surface area contributed by atoms with Crippen LogP contribution in [0.5, 0.6) is 11.5 Å². The lowest BCUT2D eigenvalue weighted by molar-refractivity contribution is -0.132. The maximum absolute atomic E-state index is 13.3. The first kappa shape index (κ1) is 22.2. The molecule has 0 saturated carbocycles. The Morgan fingerprint density at radius 2 is 1.71 bits per heavy atom. The monoisotopic (exact) mass is 470 g/mol. The van der Waals surface area contributed by atoms with E-state index < -0.39 is 17.7 Å². The number of hydrogen-bond donors (Lipinski definition) is 1. The molecule has 35 heavy (non-hydrogen) atoms. The van der Waals surface area contributed by atoms with Gasteiger partial charge in [-0.05, 0) is 42.0 Å². The summed E-state index contributed by atoms with van der Waals surface area (Å²) < 4.78 is 16.0. The number of carbonyl (C=O) groups excluding carboxylic acids is 2. The Balaban J connectivity index is 1.72. The molecule has 176 valence electrons. The number of anilines is 1. The third-order valence-electron chi connectivity index (χ3n) is 6.06. The number of rotatable bonds is 5. The maximum atomic E-state index is 13.3. The molecule has 1 aromatic heterocycles. The van der Waals surface area contributed by atoms with Crippen molar-refractivity contribution in [3.8, 4) is 11.5 Å². The molecule has 0 aliphatic carbocycles. The van der Waals surface area contributed by atoms with E-state index in [1.807, 2.05) is 24.3 Å². The smallest absolute Gasteiger partial charge is 0.301 e. The normalized spacial score (nSPS) is 17.2. The average Bonchev–Trinajstić information content (AvgIpc) is 3.42. The molecule has 1 unspecified atom stereocenters. The molecule has 1 N–H and O–H groups in total. The van der Waals surface area contributed by atoms with Crippen LogP contribution in [0.3, 0.4) is 0 Å². The van der Waals surface area contributed by atoms with E-state index in [0.29, 0.717) is 28.4 Å². The standard InChI is InChI=1S/C27H22N2O6/c1-15-12-22(28-35-15)29-24(20-6-4-5-7-21(20)34-3)23(26(31)27(29)32)25(30)18-9-8-17-14-19(33-2)11-10-16(17)13-18/h4-14,24,30H,1-3H3/b25-23+. The molecule has 1 amide bonds. The van der Waals surface area contributed by atoms with Crippen LogP contribution < -0.4 is 14.4 Å². The van der Waals surface area contributed by atoms with Crippen molar-refractivity contribution in [3.05, 3.63) is 89.2 Å². The second kappa shape index (κ2) is 8.64. The summed E-state index contributed by atoms with van der Waals surface area (Å²) in [5.41, 5.74) is 0.867. The van der Waals surface area contributed by atoms with Crippen LogP contribution in [0.15, 0.2) is 76.8 Å². The van der Waals surface area contributed by atoms with E-state index in [9.17, 15) is 14.7 Å². The van der Waals surface area contributed by atoms with Crippen LogP contribution in [-0.2, 0) is 9.59 Å². The van der Waals surface area contributed by atoms with Crippen LogP contribution in [0.2, 0.25) is 0 Å². The number of methoxy groups -OCH3 is 2. The number of para-hydroxylation sites is 1. The fraction of sp³-hybridized carbons (Fsp3) is 0.148. The lowest BCUT2D eigenvalue weighted by Gasteiger charge is -2.24. The highest BCUT2D eigenvalue weighted by molar-refractivity contribution is 6.51. The van der Waals surface area contributed by atoms with Gasteiger partial charge >= 0.3 is 5.91 Å². The molecule has 1 aliphatic rings. The van der Waals surface area contributed by atoms with Gasteiger partial charge in [-0.3, -0.25) is 14.5 Å². The zero-order valence-corrected chi connectivity index (χ0v) is 19.3. The van der Waals surface area contributed by atoms with E-state index in [4.69, 9.17) is 14.0 Å². The van der Waals surface area contributed by atoms with Crippen LogP contribution in [0.1, 0.15) is 22.9 Å². The molecule has 0 bridgehead atoms. The SMILES string of the molecule is COc1ccc2cc(/C(O)=C3\C(=O)C(=O)N(c4cc(C)on4)C3c3ccccc3OC)ccc2c1. The van der Waals surface area contributed by atoms with E-state index >= 15 is 0 Å². The number of amides is 1. The van der Waals surface area contributed by atoms with Gasteiger partial charge in [0.15, 0.2) is 5.82 Å². The fourth-order valence-electron chi connectivity index (χ4n) is 4.38. The van der Waals surface area contributed by atoms with E-state index in [-0.39, 0.29) is 17.2 Å². The summed E-state index contributed by atoms with van der Waals surface area (Å²) in [5, 5.41) is 17.1. The molecule has 2 heterocycles. The average molecular weight is 470 g/mol. The van der Waals surface area contributed by atoms with Crippen LogP contribution >= 0.6 is 0 Å². The van der Waals surface area contributed by atoms with Crippen LogP contribution in [0.4, 0.5) is 5.82 Å². The number of carbonyl (C=O) groups is 2. The molecule has 4 aromatic rings. The van der Waals surface area contributed by atoms with Crippen molar-refractivity contribution in [2.24, 2.45) is 0 Å². The number of ketones is 1. The molecule has 8 nitrogen and oxygen atoms in total. The zero-order valence-electron chi connectivity index (χ0n) is 19.3. The second-order valence-electron chi connectivity index (χ2n) is 8.13. The number of aryl methyl sites for hydroxylation is 1. The summed E-state index contributed by atoms with van der Waals surface area (Å²) in [6.07, 6.45) is 0. The second-order valence-corrected chi connectivity index (χ2v) is 8.13. The van der Waals surface area contributed by atoms with Gasteiger partial charge in [0.1, 0.15) is 29.1 Å². The molecule has 1 atom stereocenters. The molecule has 1 fully saturated rings. The molecule has 1 aliphatic heterocycles. The number of Topliss-reactive ketones (excluding diaryl/α,β-unsaturated/α-hetero) is 1. The molecule has 3 aromatic carbocycles. The number of aliphatic hydroxyl groups excluding tert-OH is 1. The van der Waals surface area contributed by atoms with Gasteiger partial charge in [-0.2, -0.15) is 0 Å². The maximum Gasteiger partial charge on any atom is 0.301 e. The third kappa shape index (κ3) is 3.69. The predicted molar refractivity (Wildman–Crippen MR) is 130 cm³/mol. The molecule has 0 spiro atoms. The quantitative estimate of drug-likeness (QED) is 0.254. The first-order chi connectivity index (χ1) is 16.9. The van der Waals surface area contributed by atoms with E-state index in [0.717, 1.165) is 10.8 Å². The van der Waals surface area contributed by atoms with Gasteiger partial charge in [0.05, 0.1) is 19.8 Å². The van der Waals surface area contributed by atoms with Gasteiger partial charge in [0.25, 0.3) is 5.78 Å². The van der Waals surface area contributed by atoms with Crippen molar-refractivity contribution >= 4 is 34.0 Å². The Bertz CT molecular complexity index is 1500. The number of aliphatic hydroxyl groups is 1. The van der Waals surface area contributed by atoms with E-state index in [2.05, 4.69) is 5.16 Å². The highest BCUT2D eigenvalue weighted by Gasteiger charge is 2.49. The molecule has 8 heteroatoms. The van der Waals surface area contributed by atoms with Gasteiger partial charge < -0.3 is 19.1 Å². The number of ether oxygens (including phenoxy) is 2. The predicted octanol–water partition coefficient (Wildman–Crippen LogP) is 4.78. The Kier molecular flexibility index (Phi) is 5.49. The number of hydrogen-bond acceptors (Lipinski definition) is 7. The minimum absolute atomic E-state index is 0.0620. The third-order valence-corrected chi connectivity index (χ3v) is 6.06. The van der Waals surface area contributed by atoms with Crippen molar-refractivity contribution in [1.29, 1.82) is 0 Å². The summed E-state index contributed by atoms with van der Waals surface area (Å²) in [5.74, 6) is -0.119. The number of benzene rings is 3. The van der Waals surface area contributed by atoms with Crippen molar-refractivity contribution in [3.63, 3.8) is 0 Å². The first-order valence-electron chi connectivity index (χ1n) is 10.9. The molecule has 5 rings (SSSR count). The minimum Gasteiger partial charge on any atom is -0.507 e. The lowest BCUT2D eigenvalue weighted by Crippen LogP contribution is -2.29. The largest absolute Gasteiger partial charge is 0.507 e. The van der Waals surface area contributed by atoms with Gasteiger partial charge in [0.2, 0.25) is 0 Å². The Hall–Kier alpha value is -4.59. The summed E-state index contributed by atoms with van der Waals surface area (Å²) in [7, 11) is 3.09. The van der Waals surface area contributed by atoms with Crippen molar-refractivity contribution in [2.75, 3.05) is 19.1 Å². The summed E-state index contributed by atoms with van der Waals surface area (Å²) in [6, 6.07) is 18.5. The van der Waals surface area contributed by atoms with Gasteiger partial charge in [-0.1, -0.05) is 41.6 Å². The lowest BCUT2D eigenvalue weighted by atomic mass is 9.94. The minimum atomic E-state index is -0.970. The summed E-state index contributed by atoms with van der Waals surface area (Å²) >= 11 is 0. The molecular weight excluding hydrogens is 448 g/mol. The zero-order chi connectivity index (χ0) is 24.7. The number of aromatic nitrogens is 1. The van der Waals surface area contributed by atoms with E-state index in [1.54, 1.807) is 56.5 Å². The van der Waals surface area contributed by atoms with Gasteiger partial charge in [-0.25, -0.2) is 0 Å². The Morgan fingerprint density at radius 1 is 0.971 bits per heavy atom. The highest BCUT2D eigenvalue weighted by Crippen LogP contribution is 2.44. The topological polar surface area (TPSA) is 102 Å². The van der Waals surface area contributed by atoms with Crippen molar-refractivity contribution in [2.45, 2.75) is 13.0 Å². The highest BCUT2D eigenvalue weighted by atomic mass is 16.5. The van der Waals surface area contributed by atoms with Crippen molar-refractivity contribution in [1.82, 2.24) is 5.16 Å². The Morgan fingerprint density at radius 3 is 2.43 bits per heavy atom. The molecular formula is C27H22N2O6. The first-order valence-corrected chi connectivity index (χ1v) is 10.9. The summed E-state index contributed by atoms with van der Waals surface area (Å²) in [4.78, 5) is 27.8. The Labute approximate surface area is 201 Å². The molecule has 1 saturated heterocycles. The summed E-state index contributed by atoms with van der Waals surface area (Å²) in [6.45, 7) is 1.69. The fourth-order valence-corrected chi connectivity index (χ4v) is 4.38. The van der Waals surface area contributed by atoms with Gasteiger partial charge in [0, 0.05) is 17.2 Å². The van der Waals surface area contributed by atoms with Crippen molar-refractivity contribution < 1.29 is 28.7 Å². The van der Waals surface area contributed by atoms with Crippen LogP contribution in [-0.4, -0.2) is 36.2 Å². The van der Waals surface area contributed by atoms with Crippen LogP contribution in [0, 0.1) is 6.92 Å².